The van der Waals surface area contributed by atoms with E-state index < -0.39 is 0 Å². The van der Waals surface area contributed by atoms with Crippen LogP contribution in [0.3, 0.4) is 0 Å². The molecule has 8 nitrogen and oxygen atoms in total. The van der Waals surface area contributed by atoms with Crippen molar-refractivity contribution in [2.75, 3.05) is 39.9 Å². The van der Waals surface area contributed by atoms with Gasteiger partial charge in [0.05, 0.1) is 24.8 Å². The maximum atomic E-state index is 13.1. The number of aromatic hydroxyl groups is 1. The van der Waals surface area contributed by atoms with Crippen LogP contribution in [0, 0.1) is 6.92 Å². The number of phenols is 1. The van der Waals surface area contributed by atoms with Gasteiger partial charge in [0.2, 0.25) is 5.78 Å². The number of hydrogen-bond acceptors (Lipinski definition) is 7. The van der Waals surface area contributed by atoms with Crippen LogP contribution in [0.5, 0.6) is 17.2 Å². The van der Waals surface area contributed by atoms with Gasteiger partial charge in [-0.1, -0.05) is 12.1 Å². The summed E-state index contributed by atoms with van der Waals surface area (Å²) < 4.78 is 16.3. The summed E-state index contributed by atoms with van der Waals surface area (Å²) in [6, 6.07) is 8.94. The lowest BCUT2D eigenvalue weighted by molar-refractivity contribution is 0.0774. The standard InChI is InChI=1S/C25H28N2O6/c1-4-32-25(30)27-11-9-26(10-12-27)15-19-20(28)13-16(2)22-23(29)21(33-24(19)22)14-17-5-7-18(31-3)8-6-17/h5-8,13-14,28H,4,9-12,15H2,1-3H3/b21-14-. The molecule has 2 aliphatic rings. The number of nitrogens with zero attached hydrogens (tertiary/aromatic N) is 2. The molecule has 33 heavy (non-hydrogen) atoms. The number of ketones is 1. The first-order valence-electron chi connectivity index (χ1n) is 11.0. The highest BCUT2D eigenvalue weighted by Crippen LogP contribution is 2.42. The van der Waals surface area contributed by atoms with Crippen molar-refractivity contribution < 1.29 is 28.9 Å². The number of rotatable bonds is 5. The summed E-state index contributed by atoms with van der Waals surface area (Å²) in [6.07, 6.45) is 1.39. The fourth-order valence-corrected chi connectivity index (χ4v) is 4.11. The van der Waals surface area contributed by atoms with Crippen molar-refractivity contribution in [1.29, 1.82) is 0 Å². The van der Waals surface area contributed by atoms with Crippen LogP contribution in [0.15, 0.2) is 36.1 Å². The predicted octanol–water partition coefficient (Wildman–Crippen LogP) is 3.60. The smallest absolute Gasteiger partial charge is 0.409 e. The fraction of sp³-hybridized carbons (Fsp3) is 0.360. The van der Waals surface area contributed by atoms with E-state index in [2.05, 4.69) is 4.90 Å². The second-order valence-corrected chi connectivity index (χ2v) is 8.07. The minimum atomic E-state index is -0.307. The molecule has 0 atom stereocenters. The molecule has 0 saturated carbocycles. The van der Waals surface area contributed by atoms with Crippen LogP contribution in [0.25, 0.3) is 6.08 Å². The summed E-state index contributed by atoms with van der Waals surface area (Å²) in [4.78, 5) is 28.8. The first kappa shape index (κ1) is 22.7. The van der Waals surface area contributed by atoms with Crippen molar-refractivity contribution in [3.05, 3.63) is 58.3 Å². The van der Waals surface area contributed by atoms with Gasteiger partial charge in [0.15, 0.2) is 5.76 Å². The van der Waals surface area contributed by atoms with Crippen molar-refractivity contribution in [2.24, 2.45) is 0 Å². The number of carbonyl (C=O) groups is 2. The predicted molar refractivity (Wildman–Crippen MR) is 123 cm³/mol. The number of allylic oxidation sites excluding steroid dienone is 1. The number of methoxy groups -OCH3 is 1. The zero-order valence-corrected chi connectivity index (χ0v) is 19.1. The largest absolute Gasteiger partial charge is 0.507 e. The summed E-state index contributed by atoms with van der Waals surface area (Å²) in [5, 5.41) is 10.7. The number of amides is 1. The van der Waals surface area contributed by atoms with Gasteiger partial charge in [-0.2, -0.15) is 0 Å². The Morgan fingerprint density at radius 2 is 1.88 bits per heavy atom. The van der Waals surface area contributed by atoms with Crippen molar-refractivity contribution in [3.63, 3.8) is 0 Å². The van der Waals surface area contributed by atoms with Crippen LogP contribution in [0.1, 0.15) is 34.0 Å². The highest BCUT2D eigenvalue weighted by atomic mass is 16.6. The maximum absolute atomic E-state index is 13.1. The lowest BCUT2D eigenvalue weighted by Gasteiger charge is -2.34. The molecule has 1 saturated heterocycles. The van der Waals surface area contributed by atoms with Gasteiger partial charge in [-0.3, -0.25) is 9.69 Å². The second kappa shape index (κ2) is 9.54. The van der Waals surface area contributed by atoms with E-state index in [1.165, 1.54) is 0 Å². The SMILES string of the molecule is CCOC(=O)N1CCN(Cc2c(O)cc(C)c3c2O/C(=C\c2ccc(OC)cc2)C3=O)CC1. The van der Waals surface area contributed by atoms with Crippen molar-refractivity contribution >= 4 is 18.0 Å². The summed E-state index contributed by atoms with van der Waals surface area (Å²) in [7, 11) is 1.60. The minimum Gasteiger partial charge on any atom is -0.507 e. The zero-order valence-electron chi connectivity index (χ0n) is 19.1. The van der Waals surface area contributed by atoms with E-state index in [0.29, 0.717) is 61.8 Å². The van der Waals surface area contributed by atoms with E-state index in [1.807, 2.05) is 24.3 Å². The molecule has 0 unspecified atom stereocenters. The van der Waals surface area contributed by atoms with Crippen molar-refractivity contribution in [2.45, 2.75) is 20.4 Å². The van der Waals surface area contributed by atoms with Gasteiger partial charge < -0.3 is 24.2 Å². The monoisotopic (exact) mass is 452 g/mol. The van der Waals surface area contributed by atoms with Gasteiger partial charge in [0.25, 0.3) is 0 Å². The number of hydrogen-bond donors (Lipinski definition) is 1. The first-order valence-corrected chi connectivity index (χ1v) is 11.0. The number of piperazine rings is 1. The molecule has 0 bridgehead atoms. The average molecular weight is 453 g/mol. The molecule has 0 spiro atoms. The molecule has 1 amide bonds. The van der Waals surface area contributed by atoms with E-state index in [4.69, 9.17) is 14.2 Å². The Bertz CT molecular complexity index is 1090. The van der Waals surface area contributed by atoms with Gasteiger partial charge in [-0.15, -0.1) is 0 Å². The molecular formula is C25H28N2O6. The summed E-state index contributed by atoms with van der Waals surface area (Å²) in [5.41, 5.74) is 2.53. The van der Waals surface area contributed by atoms with Gasteiger partial charge in [0.1, 0.15) is 17.2 Å². The molecular weight excluding hydrogens is 424 g/mol. The van der Waals surface area contributed by atoms with Crippen LogP contribution in [-0.4, -0.2) is 66.7 Å². The average Bonchev–Trinajstić information content (AvgIpc) is 3.14. The molecule has 4 rings (SSSR count). The molecule has 8 heteroatoms. The van der Waals surface area contributed by atoms with Crippen LogP contribution in [-0.2, 0) is 11.3 Å². The third kappa shape index (κ3) is 4.66. The molecule has 1 fully saturated rings. The van der Waals surface area contributed by atoms with E-state index >= 15 is 0 Å². The molecule has 174 valence electrons. The number of Topliss-reactive ketones (excluding diaryl/α,β-unsaturated/α-hetero) is 1. The van der Waals surface area contributed by atoms with E-state index in [0.717, 1.165) is 11.3 Å². The number of ether oxygens (including phenoxy) is 3. The number of phenolic OH excluding ortho intramolecular Hbond substituents is 1. The summed E-state index contributed by atoms with van der Waals surface area (Å²) in [5.74, 6) is 1.25. The summed E-state index contributed by atoms with van der Waals surface area (Å²) >= 11 is 0. The quantitative estimate of drug-likeness (QED) is 0.694. The lowest BCUT2D eigenvalue weighted by atomic mass is 9.99. The van der Waals surface area contributed by atoms with Crippen molar-refractivity contribution in [3.8, 4) is 17.2 Å². The van der Waals surface area contributed by atoms with Gasteiger partial charge >= 0.3 is 6.09 Å². The lowest BCUT2D eigenvalue weighted by Crippen LogP contribution is -2.48. The molecule has 2 aromatic carbocycles. The second-order valence-electron chi connectivity index (χ2n) is 8.07. The molecule has 2 aromatic rings. The Kier molecular flexibility index (Phi) is 6.55. The van der Waals surface area contributed by atoms with E-state index in [9.17, 15) is 14.7 Å². The Balaban J connectivity index is 1.54. The minimum absolute atomic E-state index is 0.0950. The van der Waals surface area contributed by atoms with Crippen LogP contribution in [0.4, 0.5) is 4.79 Å². The van der Waals surface area contributed by atoms with Gasteiger partial charge in [0, 0.05) is 32.7 Å². The molecule has 1 N–H and O–H groups in total. The molecule has 2 heterocycles. The Morgan fingerprint density at radius 1 is 1.18 bits per heavy atom. The third-order valence-corrected chi connectivity index (χ3v) is 5.91. The van der Waals surface area contributed by atoms with Crippen LogP contribution < -0.4 is 9.47 Å². The molecule has 0 aromatic heterocycles. The highest BCUT2D eigenvalue weighted by molar-refractivity contribution is 6.15. The topological polar surface area (TPSA) is 88.5 Å². The number of carbonyl (C=O) groups excluding carboxylic acids is 2. The number of aryl methyl sites for hydroxylation is 1. The Morgan fingerprint density at radius 3 is 2.52 bits per heavy atom. The van der Waals surface area contributed by atoms with Gasteiger partial charge in [-0.05, 0) is 49.2 Å². The Hall–Kier alpha value is -3.52. The molecule has 2 aliphatic heterocycles. The Labute approximate surface area is 193 Å². The fourth-order valence-electron chi connectivity index (χ4n) is 4.11. The molecule has 0 aliphatic carbocycles. The van der Waals surface area contributed by atoms with Crippen LogP contribution in [0.2, 0.25) is 0 Å². The van der Waals surface area contributed by atoms with Crippen LogP contribution >= 0.6 is 0 Å². The maximum Gasteiger partial charge on any atom is 0.409 e. The first-order chi connectivity index (χ1) is 15.9. The van der Waals surface area contributed by atoms with Gasteiger partial charge in [-0.25, -0.2) is 4.79 Å². The third-order valence-electron chi connectivity index (χ3n) is 5.91. The summed E-state index contributed by atoms with van der Waals surface area (Å²) in [6.45, 7) is 6.67. The zero-order chi connectivity index (χ0) is 23.5. The normalized spacial score (nSPS) is 17.1. The van der Waals surface area contributed by atoms with E-state index in [1.54, 1.807) is 38.0 Å². The number of benzene rings is 2. The highest BCUT2D eigenvalue weighted by Gasteiger charge is 2.34. The number of fused-ring (bicyclic) bond motifs is 1. The van der Waals surface area contributed by atoms with E-state index in [-0.39, 0.29) is 23.4 Å². The van der Waals surface area contributed by atoms with Crippen molar-refractivity contribution in [1.82, 2.24) is 9.80 Å². The molecule has 0 radical (unpaired) electrons.